The lowest BCUT2D eigenvalue weighted by Gasteiger charge is -2.36. The molecular weight excluding hydrogens is 273 g/mol. The van der Waals surface area contributed by atoms with Crippen molar-refractivity contribution in [2.24, 2.45) is 0 Å². The second-order valence-electron chi connectivity index (χ2n) is 5.59. The lowest BCUT2D eigenvalue weighted by molar-refractivity contribution is 0.0224. The van der Waals surface area contributed by atoms with Gasteiger partial charge in [0, 0.05) is 22.5 Å². The van der Waals surface area contributed by atoms with Crippen LogP contribution in [-0.2, 0) is 6.42 Å². The zero-order valence-corrected chi connectivity index (χ0v) is 11.2. The Bertz CT molecular complexity index is 494. The quantitative estimate of drug-likeness (QED) is 0.841. The van der Waals surface area contributed by atoms with Crippen molar-refractivity contribution in [2.75, 3.05) is 0 Å². The highest BCUT2D eigenvalue weighted by molar-refractivity contribution is 8.00. The number of halogens is 3. The highest BCUT2D eigenvalue weighted by atomic mass is 32.2. The fraction of sp³-hybridized carbons (Fsp3) is 0.571. The predicted molar refractivity (Wildman–Crippen MR) is 68.6 cm³/mol. The molecule has 2 saturated heterocycles. The van der Waals surface area contributed by atoms with Crippen LogP contribution in [0.2, 0.25) is 0 Å². The van der Waals surface area contributed by atoms with Crippen LogP contribution in [-0.4, -0.2) is 21.2 Å². The Kier molecular flexibility index (Phi) is 3.29. The largest absolute Gasteiger partial charge is 0.389 e. The molecule has 3 rings (SSSR count). The molecule has 0 saturated carbocycles. The Morgan fingerprint density at radius 2 is 1.68 bits per heavy atom. The molecule has 1 nitrogen and oxygen atoms in total. The van der Waals surface area contributed by atoms with Crippen LogP contribution < -0.4 is 0 Å². The van der Waals surface area contributed by atoms with Crippen molar-refractivity contribution in [2.45, 2.75) is 48.2 Å². The molecule has 104 valence electrons. The Morgan fingerprint density at radius 1 is 1.11 bits per heavy atom. The molecule has 0 radical (unpaired) electrons. The van der Waals surface area contributed by atoms with E-state index in [0.717, 1.165) is 25.0 Å². The van der Waals surface area contributed by atoms with Crippen molar-refractivity contribution in [1.82, 2.24) is 0 Å². The SMILES string of the molecule is OC1(Cc2c(F)ccc(F)c2F)CC2CCC(C1)S2. The van der Waals surface area contributed by atoms with E-state index in [9.17, 15) is 18.3 Å². The summed E-state index contributed by atoms with van der Waals surface area (Å²) in [4.78, 5) is 0. The van der Waals surface area contributed by atoms with Crippen LogP contribution in [0.1, 0.15) is 31.2 Å². The van der Waals surface area contributed by atoms with Gasteiger partial charge in [0.15, 0.2) is 11.6 Å². The van der Waals surface area contributed by atoms with Gasteiger partial charge in [-0.15, -0.1) is 0 Å². The molecule has 2 fully saturated rings. The molecule has 2 unspecified atom stereocenters. The second kappa shape index (κ2) is 4.70. The van der Waals surface area contributed by atoms with E-state index in [1.54, 1.807) is 0 Å². The fourth-order valence-corrected chi connectivity index (χ4v) is 5.12. The van der Waals surface area contributed by atoms with Gasteiger partial charge in [0.1, 0.15) is 5.82 Å². The third-order valence-corrected chi connectivity index (χ3v) is 5.63. The summed E-state index contributed by atoms with van der Waals surface area (Å²) in [5.74, 6) is -3.01. The third-order valence-electron chi connectivity index (χ3n) is 4.06. The number of thioether (sulfide) groups is 1. The van der Waals surface area contributed by atoms with Crippen molar-refractivity contribution < 1.29 is 18.3 Å². The molecule has 5 heteroatoms. The van der Waals surface area contributed by atoms with Gasteiger partial charge in [-0.1, -0.05) is 0 Å². The minimum absolute atomic E-state index is 0.143. The maximum absolute atomic E-state index is 13.7. The lowest BCUT2D eigenvalue weighted by Crippen LogP contribution is -2.39. The number of hydrogen-bond donors (Lipinski definition) is 1. The molecule has 2 aliphatic heterocycles. The maximum Gasteiger partial charge on any atom is 0.165 e. The zero-order chi connectivity index (χ0) is 13.6. The van der Waals surface area contributed by atoms with E-state index in [2.05, 4.69) is 0 Å². The summed E-state index contributed by atoms with van der Waals surface area (Å²) in [5, 5.41) is 11.3. The van der Waals surface area contributed by atoms with Gasteiger partial charge >= 0.3 is 0 Å². The van der Waals surface area contributed by atoms with Crippen molar-refractivity contribution >= 4 is 11.8 Å². The first kappa shape index (κ1) is 13.3. The van der Waals surface area contributed by atoms with Crippen LogP contribution >= 0.6 is 11.8 Å². The topological polar surface area (TPSA) is 20.2 Å². The summed E-state index contributed by atoms with van der Waals surface area (Å²) < 4.78 is 40.5. The summed E-state index contributed by atoms with van der Waals surface area (Å²) in [6.45, 7) is 0. The average Bonchev–Trinajstić information content (AvgIpc) is 2.70. The summed E-state index contributed by atoms with van der Waals surface area (Å²) in [6, 6.07) is 1.70. The van der Waals surface area contributed by atoms with Crippen molar-refractivity contribution in [1.29, 1.82) is 0 Å². The van der Waals surface area contributed by atoms with Crippen molar-refractivity contribution in [3.63, 3.8) is 0 Å². The number of rotatable bonds is 2. The van der Waals surface area contributed by atoms with E-state index in [-0.39, 0.29) is 12.0 Å². The van der Waals surface area contributed by atoms with Crippen LogP contribution in [0, 0.1) is 17.5 Å². The molecule has 1 N–H and O–H groups in total. The average molecular weight is 288 g/mol. The van der Waals surface area contributed by atoms with E-state index in [0.29, 0.717) is 23.3 Å². The van der Waals surface area contributed by atoms with Crippen LogP contribution in [0.15, 0.2) is 12.1 Å². The summed E-state index contributed by atoms with van der Waals surface area (Å²) in [5.41, 5.74) is -1.43. The monoisotopic (exact) mass is 288 g/mol. The molecule has 0 aliphatic carbocycles. The Labute approximate surface area is 114 Å². The summed E-state index contributed by atoms with van der Waals surface area (Å²) >= 11 is 1.86. The molecule has 1 aromatic rings. The summed E-state index contributed by atoms with van der Waals surface area (Å²) in [7, 11) is 0. The number of benzene rings is 1. The van der Waals surface area contributed by atoms with Crippen LogP contribution in [0.25, 0.3) is 0 Å². The molecule has 19 heavy (non-hydrogen) atoms. The lowest BCUT2D eigenvalue weighted by atomic mass is 9.86. The van der Waals surface area contributed by atoms with E-state index >= 15 is 0 Å². The Balaban J connectivity index is 1.87. The zero-order valence-electron chi connectivity index (χ0n) is 10.3. The van der Waals surface area contributed by atoms with E-state index < -0.39 is 23.1 Å². The first-order valence-corrected chi connectivity index (χ1v) is 7.41. The van der Waals surface area contributed by atoms with Gasteiger partial charge < -0.3 is 5.11 Å². The maximum atomic E-state index is 13.7. The minimum atomic E-state index is -1.17. The fourth-order valence-electron chi connectivity index (χ4n) is 3.22. The number of fused-ring (bicyclic) bond motifs is 2. The first-order valence-electron chi connectivity index (χ1n) is 6.47. The highest BCUT2D eigenvalue weighted by Crippen LogP contribution is 2.48. The molecule has 2 heterocycles. The Morgan fingerprint density at radius 3 is 2.32 bits per heavy atom. The molecule has 1 aromatic carbocycles. The molecule has 0 aromatic heterocycles. The molecule has 2 aliphatic rings. The van der Waals surface area contributed by atoms with Crippen LogP contribution in [0.4, 0.5) is 13.2 Å². The van der Waals surface area contributed by atoms with Gasteiger partial charge in [-0.25, -0.2) is 13.2 Å². The van der Waals surface area contributed by atoms with E-state index in [1.165, 1.54) is 0 Å². The van der Waals surface area contributed by atoms with Crippen molar-refractivity contribution in [3.8, 4) is 0 Å². The first-order chi connectivity index (χ1) is 8.97. The number of hydrogen-bond acceptors (Lipinski definition) is 2. The third kappa shape index (κ3) is 2.50. The van der Waals surface area contributed by atoms with Gasteiger partial charge in [-0.05, 0) is 37.8 Å². The normalized spacial score (nSPS) is 33.7. The predicted octanol–water partition coefficient (Wildman–Crippen LogP) is 3.44. The molecule has 2 atom stereocenters. The second-order valence-corrected chi connectivity index (χ2v) is 7.19. The van der Waals surface area contributed by atoms with E-state index in [1.807, 2.05) is 11.8 Å². The van der Waals surface area contributed by atoms with Crippen LogP contribution in [0.3, 0.4) is 0 Å². The van der Waals surface area contributed by atoms with Gasteiger partial charge in [-0.2, -0.15) is 11.8 Å². The molecule has 0 spiro atoms. The van der Waals surface area contributed by atoms with Gasteiger partial charge in [0.05, 0.1) is 5.60 Å². The molecule has 2 bridgehead atoms. The minimum Gasteiger partial charge on any atom is -0.389 e. The van der Waals surface area contributed by atoms with Gasteiger partial charge in [0.2, 0.25) is 0 Å². The van der Waals surface area contributed by atoms with Crippen LogP contribution in [0.5, 0.6) is 0 Å². The van der Waals surface area contributed by atoms with Gasteiger partial charge in [0.25, 0.3) is 0 Å². The molecular formula is C14H15F3OS. The smallest absolute Gasteiger partial charge is 0.165 e. The molecule has 0 amide bonds. The van der Waals surface area contributed by atoms with Gasteiger partial charge in [-0.3, -0.25) is 0 Å². The van der Waals surface area contributed by atoms with Crippen molar-refractivity contribution in [3.05, 3.63) is 35.1 Å². The Hall–Kier alpha value is -0.680. The van der Waals surface area contributed by atoms with E-state index in [4.69, 9.17) is 0 Å². The highest BCUT2D eigenvalue weighted by Gasteiger charge is 2.44. The number of aliphatic hydroxyl groups is 1. The summed E-state index contributed by atoms with van der Waals surface area (Å²) in [6.07, 6.45) is 3.01. The standard InChI is InChI=1S/C14H15F3OS/c15-11-3-4-12(16)13(17)10(11)7-14(18)5-8-1-2-9(6-14)19-8/h3-4,8-9,18H,1-2,5-7H2.